The predicted molar refractivity (Wildman–Crippen MR) is 98.9 cm³/mol. The van der Waals surface area contributed by atoms with Gasteiger partial charge in [-0.25, -0.2) is 0 Å². The van der Waals surface area contributed by atoms with Crippen molar-refractivity contribution in [3.05, 3.63) is 58.8 Å². The van der Waals surface area contributed by atoms with Crippen molar-refractivity contribution in [1.29, 1.82) is 0 Å². The molecule has 1 aromatic heterocycles. The number of piperazine rings is 1. The third-order valence-electron chi connectivity index (χ3n) is 4.11. The summed E-state index contributed by atoms with van der Waals surface area (Å²) in [5.41, 5.74) is 2.11. The Morgan fingerprint density at radius 2 is 1.96 bits per heavy atom. The van der Waals surface area contributed by atoms with Crippen molar-refractivity contribution in [2.24, 2.45) is 0 Å². The van der Waals surface area contributed by atoms with E-state index in [2.05, 4.69) is 54.2 Å². The number of amides is 1. The Labute approximate surface area is 150 Å². The molecule has 0 spiro atoms. The number of nitrogens with one attached hydrogen (secondary N) is 1. The second-order valence-electron chi connectivity index (χ2n) is 5.84. The summed E-state index contributed by atoms with van der Waals surface area (Å²) < 4.78 is 1.09. The fourth-order valence-electron chi connectivity index (χ4n) is 2.79. The third-order valence-corrected chi connectivity index (χ3v) is 4.60. The van der Waals surface area contributed by atoms with Crippen molar-refractivity contribution >= 4 is 27.5 Å². The molecule has 0 atom stereocenters. The van der Waals surface area contributed by atoms with E-state index in [1.807, 2.05) is 24.3 Å². The van der Waals surface area contributed by atoms with Gasteiger partial charge in [0.15, 0.2) is 0 Å². The first-order chi connectivity index (χ1) is 11.7. The van der Waals surface area contributed by atoms with Crippen LogP contribution in [0.25, 0.3) is 0 Å². The molecule has 0 bridgehead atoms. The zero-order valence-corrected chi connectivity index (χ0v) is 15.1. The SMILES string of the molecule is O=C(CN1CCN(c2cccc(Br)c2)CC1)NCc1ccccn1. The van der Waals surface area contributed by atoms with Crippen LogP contribution in [-0.2, 0) is 11.3 Å². The van der Waals surface area contributed by atoms with Gasteiger partial charge in [0.1, 0.15) is 0 Å². The molecule has 1 amide bonds. The van der Waals surface area contributed by atoms with Crippen LogP contribution in [0, 0.1) is 0 Å². The zero-order valence-electron chi connectivity index (χ0n) is 13.5. The van der Waals surface area contributed by atoms with E-state index in [0.717, 1.165) is 36.3 Å². The van der Waals surface area contributed by atoms with Crippen LogP contribution < -0.4 is 10.2 Å². The molecule has 1 aliphatic rings. The smallest absolute Gasteiger partial charge is 0.234 e. The number of hydrogen-bond acceptors (Lipinski definition) is 4. The van der Waals surface area contributed by atoms with Crippen LogP contribution >= 0.6 is 15.9 Å². The summed E-state index contributed by atoms with van der Waals surface area (Å²) in [5.74, 6) is 0.0524. The molecular weight excluding hydrogens is 368 g/mol. The van der Waals surface area contributed by atoms with Gasteiger partial charge in [-0.3, -0.25) is 14.7 Å². The minimum absolute atomic E-state index is 0.0524. The number of carbonyl (C=O) groups excluding carboxylic acids is 1. The Morgan fingerprint density at radius 1 is 1.12 bits per heavy atom. The van der Waals surface area contributed by atoms with E-state index >= 15 is 0 Å². The highest BCUT2D eigenvalue weighted by Crippen LogP contribution is 2.21. The number of carbonyl (C=O) groups is 1. The van der Waals surface area contributed by atoms with Crippen molar-refractivity contribution in [3.63, 3.8) is 0 Å². The van der Waals surface area contributed by atoms with Gasteiger partial charge in [-0.05, 0) is 30.3 Å². The van der Waals surface area contributed by atoms with E-state index in [9.17, 15) is 4.79 Å². The molecule has 5 nitrogen and oxygen atoms in total. The highest BCUT2D eigenvalue weighted by atomic mass is 79.9. The number of nitrogens with zero attached hydrogens (tertiary/aromatic N) is 3. The quantitative estimate of drug-likeness (QED) is 0.853. The van der Waals surface area contributed by atoms with Crippen LogP contribution in [0.5, 0.6) is 0 Å². The van der Waals surface area contributed by atoms with Gasteiger partial charge in [0.05, 0.1) is 18.8 Å². The van der Waals surface area contributed by atoms with Crippen molar-refractivity contribution < 1.29 is 4.79 Å². The van der Waals surface area contributed by atoms with E-state index < -0.39 is 0 Å². The summed E-state index contributed by atoms with van der Waals surface area (Å²) in [6, 6.07) is 14.1. The van der Waals surface area contributed by atoms with Crippen LogP contribution in [0.2, 0.25) is 0 Å². The molecular formula is C18H21BrN4O. The average molecular weight is 389 g/mol. The van der Waals surface area contributed by atoms with E-state index in [4.69, 9.17) is 0 Å². The lowest BCUT2D eigenvalue weighted by Crippen LogP contribution is -2.49. The molecule has 2 heterocycles. The lowest BCUT2D eigenvalue weighted by Gasteiger charge is -2.35. The number of aromatic nitrogens is 1. The molecule has 126 valence electrons. The van der Waals surface area contributed by atoms with Crippen LogP contribution in [0.3, 0.4) is 0 Å². The van der Waals surface area contributed by atoms with Crippen LogP contribution in [0.1, 0.15) is 5.69 Å². The Bertz CT molecular complexity index is 672. The lowest BCUT2D eigenvalue weighted by atomic mass is 10.2. The molecule has 1 saturated heterocycles. The summed E-state index contributed by atoms with van der Waals surface area (Å²) in [4.78, 5) is 20.8. The highest BCUT2D eigenvalue weighted by molar-refractivity contribution is 9.10. The number of benzene rings is 1. The van der Waals surface area contributed by atoms with E-state index in [-0.39, 0.29) is 5.91 Å². The van der Waals surface area contributed by atoms with Gasteiger partial charge in [0.25, 0.3) is 0 Å². The molecule has 6 heteroatoms. The molecule has 0 unspecified atom stereocenters. The fraction of sp³-hybridized carbons (Fsp3) is 0.333. The van der Waals surface area contributed by atoms with Gasteiger partial charge in [-0.15, -0.1) is 0 Å². The molecule has 0 radical (unpaired) electrons. The Kier molecular flexibility index (Phi) is 5.82. The number of hydrogen-bond donors (Lipinski definition) is 1. The van der Waals surface area contributed by atoms with Gasteiger partial charge in [0.2, 0.25) is 5.91 Å². The molecule has 2 aromatic rings. The maximum Gasteiger partial charge on any atom is 0.234 e. The van der Waals surface area contributed by atoms with Gasteiger partial charge in [-0.1, -0.05) is 28.1 Å². The summed E-state index contributed by atoms with van der Waals surface area (Å²) in [7, 11) is 0. The first kappa shape index (κ1) is 16.9. The lowest BCUT2D eigenvalue weighted by molar-refractivity contribution is -0.122. The average Bonchev–Trinajstić information content (AvgIpc) is 2.61. The van der Waals surface area contributed by atoms with Gasteiger partial charge >= 0.3 is 0 Å². The molecule has 1 N–H and O–H groups in total. The van der Waals surface area contributed by atoms with Crippen LogP contribution in [0.15, 0.2) is 53.1 Å². The number of pyridine rings is 1. The summed E-state index contributed by atoms with van der Waals surface area (Å²) in [6.45, 7) is 4.58. The largest absolute Gasteiger partial charge is 0.369 e. The molecule has 1 fully saturated rings. The fourth-order valence-corrected chi connectivity index (χ4v) is 3.17. The van der Waals surface area contributed by atoms with Crippen LogP contribution in [0.4, 0.5) is 5.69 Å². The Morgan fingerprint density at radius 3 is 2.67 bits per heavy atom. The van der Waals surface area contributed by atoms with Crippen LogP contribution in [-0.4, -0.2) is 48.5 Å². The van der Waals surface area contributed by atoms with E-state index in [1.165, 1.54) is 5.69 Å². The Balaban J connectivity index is 1.42. The second kappa shape index (κ2) is 8.26. The standard InChI is InChI=1S/C18H21BrN4O/c19-15-4-3-6-17(12-15)23-10-8-22(9-11-23)14-18(24)21-13-16-5-1-2-7-20-16/h1-7,12H,8-11,13-14H2,(H,21,24). The molecule has 1 aliphatic heterocycles. The van der Waals surface area contributed by atoms with Crippen molar-refractivity contribution in [3.8, 4) is 0 Å². The predicted octanol–water partition coefficient (Wildman–Crippen LogP) is 2.28. The molecule has 1 aromatic carbocycles. The van der Waals surface area contributed by atoms with Crippen molar-refractivity contribution in [2.45, 2.75) is 6.54 Å². The minimum atomic E-state index is 0.0524. The summed E-state index contributed by atoms with van der Waals surface area (Å²) in [5, 5.41) is 2.93. The maximum atomic E-state index is 12.1. The summed E-state index contributed by atoms with van der Waals surface area (Å²) >= 11 is 3.51. The van der Waals surface area contributed by atoms with E-state index in [0.29, 0.717) is 13.1 Å². The first-order valence-electron chi connectivity index (χ1n) is 8.10. The summed E-state index contributed by atoms with van der Waals surface area (Å²) in [6.07, 6.45) is 1.74. The maximum absolute atomic E-state index is 12.1. The third kappa shape index (κ3) is 4.79. The molecule has 3 rings (SSSR count). The molecule has 0 aliphatic carbocycles. The number of rotatable bonds is 5. The molecule has 24 heavy (non-hydrogen) atoms. The van der Waals surface area contributed by atoms with Crippen molar-refractivity contribution in [1.82, 2.24) is 15.2 Å². The number of halogens is 1. The van der Waals surface area contributed by atoms with E-state index in [1.54, 1.807) is 6.20 Å². The number of anilines is 1. The molecule has 0 saturated carbocycles. The first-order valence-corrected chi connectivity index (χ1v) is 8.89. The minimum Gasteiger partial charge on any atom is -0.369 e. The van der Waals surface area contributed by atoms with Crippen molar-refractivity contribution in [2.75, 3.05) is 37.6 Å². The highest BCUT2D eigenvalue weighted by Gasteiger charge is 2.19. The van der Waals surface area contributed by atoms with Gasteiger partial charge in [0, 0.05) is 42.5 Å². The normalized spacial score (nSPS) is 15.3. The zero-order chi connectivity index (χ0) is 16.8. The second-order valence-corrected chi connectivity index (χ2v) is 6.76. The monoisotopic (exact) mass is 388 g/mol. The van der Waals surface area contributed by atoms with Gasteiger partial charge in [-0.2, -0.15) is 0 Å². The Hall–Kier alpha value is -1.92. The topological polar surface area (TPSA) is 48.5 Å². The van der Waals surface area contributed by atoms with Gasteiger partial charge < -0.3 is 10.2 Å².